The summed E-state index contributed by atoms with van der Waals surface area (Å²) < 4.78 is 6.29. The molecule has 3 N–H and O–H groups in total. The minimum Gasteiger partial charge on any atom is -0.489 e. The third-order valence-corrected chi connectivity index (χ3v) is 6.74. The van der Waals surface area contributed by atoms with Gasteiger partial charge in [-0.3, -0.25) is 4.79 Å². The molecule has 0 radical (unpaired) electrons. The number of aromatic amines is 1. The first-order chi connectivity index (χ1) is 14.0. The molecule has 29 heavy (non-hydrogen) atoms. The maximum absolute atomic E-state index is 12.0. The number of hydrogen-bond donors (Lipinski definition) is 2. The number of halogens is 1. The average molecular weight is 411 g/mol. The molecule has 1 aliphatic carbocycles. The van der Waals surface area contributed by atoms with Gasteiger partial charge in [-0.1, -0.05) is 48.9 Å². The van der Waals surface area contributed by atoms with Crippen LogP contribution in [0.3, 0.4) is 0 Å². The number of aromatic nitrogens is 1. The van der Waals surface area contributed by atoms with Crippen LogP contribution in [0.5, 0.6) is 5.75 Å². The minimum atomic E-state index is -0.144. The van der Waals surface area contributed by atoms with Gasteiger partial charge in [0.2, 0.25) is 0 Å². The number of ether oxygens (including phenoxy) is 1. The molecule has 0 spiro atoms. The van der Waals surface area contributed by atoms with Crippen molar-refractivity contribution in [3.05, 3.63) is 75.7 Å². The molecule has 0 bridgehead atoms. The maximum Gasteiger partial charge on any atom is 0.255 e. The van der Waals surface area contributed by atoms with Gasteiger partial charge < -0.3 is 15.5 Å². The second-order valence-electron chi connectivity index (χ2n) is 8.03. The smallest absolute Gasteiger partial charge is 0.255 e. The van der Waals surface area contributed by atoms with Gasteiger partial charge in [0.15, 0.2) is 0 Å². The summed E-state index contributed by atoms with van der Waals surface area (Å²) in [5, 5.41) is 1.88. The monoisotopic (exact) mass is 410 g/mol. The van der Waals surface area contributed by atoms with Gasteiger partial charge in [0.05, 0.1) is 11.1 Å². The second kappa shape index (κ2) is 8.21. The van der Waals surface area contributed by atoms with Gasteiger partial charge in [0.1, 0.15) is 5.75 Å². The summed E-state index contributed by atoms with van der Waals surface area (Å²) in [7, 11) is 0. The van der Waals surface area contributed by atoms with Gasteiger partial charge in [-0.05, 0) is 61.3 Å². The van der Waals surface area contributed by atoms with Crippen LogP contribution in [0.2, 0.25) is 5.02 Å². The van der Waals surface area contributed by atoms with Crippen LogP contribution in [-0.4, -0.2) is 17.1 Å². The highest BCUT2D eigenvalue weighted by atomic mass is 35.5. The van der Waals surface area contributed by atoms with Crippen LogP contribution in [-0.2, 0) is 5.41 Å². The van der Waals surface area contributed by atoms with Crippen molar-refractivity contribution in [3.8, 4) is 5.75 Å². The highest BCUT2D eigenvalue weighted by Gasteiger charge is 2.41. The average Bonchev–Trinajstić information content (AvgIpc) is 2.76. The van der Waals surface area contributed by atoms with Crippen LogP contribution in [0.25, 0.3) is 10.8 Å². The van der Waals surface area contributed by atoms with E-state index in [1.165, 1.54) is 5.56 Å². The maximum atomic E-state index is 12.0. The fourth-order valence-corrected chi connectivity index (χ4v) is 4.93. The molecule has 0 aliphatic heterocycles. The van der Waals surface area contributed by atoms with Crippen molar-refractivity contribution in [2.24, 2.45) is 5.73 Å². The number of benzene rings is 2. The lowest BCUT2D eigenvalue weighted by molar-refractivity contribution is 0.104. The van der Waals surface area contributed by atoms with Gasteiger partial charge in [-0.2, -0.15) is 0 Å². The molecule has 0 amide bonds. The zero-order valence-electron chi connectivity index (χ0n) is 16.7. The van der Waals surface area contributed by atoms with Gasteiger partial charge in [0, 0.05) is 23.0 Å². The van der Waals surface area contributed by atoms with Crippen LogP contribution >= 0.6 is 11.6 Å². The molecule has 2 aromatic carbocycles. The van der Waals surface area contributed by atoms with Crippen LogP contribution in [0.15, 0.2) is 59.5 Å². The summed E-state index contributed by atoms with van der Waals surface area (Å²) >= 11 is 6.42. The number of pyridine rings is 1. The van der Waals surface area contributed by atoms with E-state index < -0.39 is 0 Å². The highest BCUT2D eigenvalue weighted by Crippen LogP contribution is 2.44. The number of nitrogens with one attached hydrogen (secondary N) is 1. The van der Waals surface area contributed by atoms with Crippen molar-refractivity contribution < 1.29 is 4.74 Å². The Morgan fingerprint density at radius 3 is 2.62 bits per heavy atom. The van der Waals surface area contributed by atoms with E-state index in [9.17, 15) is 4.79 Å². The first kappa shape index (κ1) is 20.0. The fraction of sp³-hybridized carbons (Fsp3) is 0.375. The van der Waals surface area contributed by atoms with Gasteiger partial charge in [0.25, 0.3) is 5.56 Å². The third kappa shape index (κ3) is 3.79. The Morgan fingerprint density at radius 1 is 1.21 bits per heavy atom. The summed E-state index contributed by atoms with van der Waals surface area (Å²) in [6.45, 7) is 2.16. The number of hydrogen-bond acceptors (Lipinski definition) is 3. The molecule has 1 aromatic heterocycles. The van der Waals surface area contributed by atoms with Crippen LogP contribution < -0.4 is 16.0 Å². The number of H-pyrrole nitrogens is 1. The molecule has 4 rings (SSSR count). The Kier molecular flexibility index (Phi) is 5.66. The number of nitrogens with two attached hydrogens (primary N) is 1. The first-order valence-electron chi connectivity index (χ1n) is 10.3. The summed E-state index contributed by atoms with van der Waals surface area (Å²) in [5.74, 6) is 0.641. The van der Waals surface area contributed by atoms with Gasteiger partial charge in [-0.15, -0.1) is 0 Å². The zero-order valence-corrected chi connectivity index (χ0v) is 17.4. The predicted octanol–water partition coefficient (Wildman–Crippen LogP) is 5.18. The summed E-state index contributed by atoms with van der Waals surface area (Å²) in [5.41, 5.74) is 7.80. The van der Waals surface area contributed by atoms with E-state index in [2.05, 4.69) is 42.2 Å². The molecule has 152 valence electrons. The standard InChI is InChI=1S/C24H27ClN2O2/c1-2-22(26)24(17-6-4-3-5-7-17)11-8-18(9-12-24)29-21-14-16-10-13-27-23(28)19(16)15-20(21)25/h3-7,10,13-15,18,22H,2,8-9,11-12,26H2,1H3,(H,27,28)/t18-,22?,24+. The van der Waals surface area contributed by atoms with E-state index in [-0.39, 0.29) is 23.1 Å². The lowest BCUT2D eigenvalue weighted by atomic mass is 9.64. The van der Waals surface area contributed by atoms with E-state index >= 15 is 0 Å². The van der Waals surface area contributed by atoms with Crippen molar-refractivity contribution in [2.75, 3.05) is 0 Å². The van der Waals surface area contributed by atoms with Crippen molar-refractivity contribution in [1.82, 2.24) is 4.98 Å². The summed E-state index contributed by atoms with van der Waals surface area (Å²) in [4.78, 5) is 14.6. The molecule has 1 atom stereocenters. The van der Waals surface area contributed by atoms with E-state index in [1.807, 2.05) is 12.1 Å². The highest BCUT2D eigenvalue weighted by molar-refractivity contribution is 6.32. The zero-order chi connectivity index (χ0) is 20.4. The molecule has 1 aliphatic rings. The van der Waals surface area contributed by atoms with Crippen LogP contribution in [0, 0.1) is 0 Å². The van der Waals surface area contributed by atoms with Crippen molar-refractivity contribution in [1.29, 1.82) is 0 Å². The predicted molar refractivity (Wildman–Crippen MR) is 119 cm³/mol. The quantitative estimate of drug-likeness (QED) is 0.609. The van der Waals surface area contributed by atoms with Crippen molar-refractivity contribution in [2.45, 2.75) is 56.6 Å². The molecule has 1 heterocycles. The lowest BCUT2D eigenvalue weighted by Gasteiger charge is -2.44. The normalized spacial score (nSPS) is 23.1. The second-order valence-corrected chi connectivity index (χ2v) is 8.44. The molecular weight excluding hydrogens is 384 g/mol. The Morgan fingerprint density at radius 2 is 1.93 bits per heavy atom. The van der Waals surface area contributed by atoms with E-state index in [0.717, 1.165) is 37.5 Å². The molecule has 3 aromatic rings. The van der Waals surface area contributed by atoms with Crippen LogP contribution in [0.1, 0.15) is 44.6 Å². The van der Waals surface area contributed by atoms with E-state index in [1.54, 1.807) is 12.3 Å². The number of rotatable bonds is 5. The van der Waals surface area contributed by atoms with Gasteiger partial charge >= 0.3 is 0 Å². The molecule has 4 nitrogen and oxygen atoms in total. The topological polar surface area (TPSA) is 68.1 Å². The number of fused-ring (bicyclic) bond motifs is 1. The lowest BCUT2D eigenvalue weighted by Crippen LogP contribution is -2.48. The molecule has 5 heteroatoms. The summed E-state index contributed by atoms with van der Waals surface area (Å²) in [6, 6.07) is 16.2. The fourth-order valence-electron chi connectivity index (χ4n) is 4.72. The van der Waals surface area contributed by atoms with Crippen LogP contribution in [0.4, 0.5) is 0 Å². The van der Waals surface area contributed by atoms with E-state index in [4.69, 9.17) is 22.1 Å². The molecule has 0 saturated heterocycles. The minimum absolute atomic E-state index is 0.00363. The molecule has 1 saturated carbocycles. The van der Waals surface area contributed by atoms with Crippen molar-refractivity contribution in [3.63, 3.8) is 0 Å². The Hall–Kier alpha value is -2.30. The first-order valence-corrected chi connectivity index (χ1v) is 10.7. The molecular formula is C24H27ClN2O2. The third-order valence-electron chi connectivity index (χ3n) is 6.44. The van der Waals surface area contributed by atoms with E-state index in [0.29, 0.717) is 16.2 Å². The Labute approximate surface area is 176 Å². The SMILES string of the molecule is CCC(N)[C@]1(c2ccccc2)CC[C@H](Oc2cc3cc[nH]c(=O)c3cc2Cl)CC1. The molecule has 1 fully saturated rings. The largest absolute Gasteiger partial charge is 0.489 e. The Bertz CT molecular complexity index is 1040. The van der Waals surface area contributed by atoms with Crippen molar-refractivity contribution >= 4 is 22.4 Å². The molecule has 1 unspecified atom stereocenters. The van der Waals surface area contributed by atoms with Gasteiger partial charge in [-0.25, -0.2) is 0 Å². The summed E-state index contributed by atoms with van der Waals surface area (Å²) in [6.07, 6.45) is 6.50. The Balaban J connectivity index is 1.54.